The molecule has 1 heterocycles. The van der Waals surface area contributed by atoms with E-state index in [2.05, 4.69) is 24.0 Å². The fraction of sp³-hybridized carbons (Fsp3) is 0.300. The van der Waals surface area contributed by atoms with Crippen LogP contribution in [0, 0.1) is 6.92 Å². The number of hydrogen-bond donors (Lipinski definition) is 1. The summed E-state index contributed by atoms with van der Waals surface area (Å²) in [5.74, 6) is 0. The predicted molar refractivity (Wildman–Crippen MR) is 57.1 cm³/mol. The SMILES string of the molecule is Cc1cccc2nc(CCN)sc12. The van der Waals surface area contributed by atoms with E-state index in [1.165, 1.54) is 10.3 Å². The summed E-state index contributed by atoms with van der Waals surface area (Å²) >= 11 is 1.76. The third kappa shape index (κ3) is 1.57. The van der Waals surface area contributed by atoms with Crippen LogP contribution in [0.3, 0.4) is 0 Å². The molecule has 2 rings (SSSR count). The van der Waals surface area contributed by atoms with Crippen LogP contribution in [0.5, 0.6) is 0 Å². The second kappa shape index (κ2) is 3.44. The highest BCUT2D eigenvalue weighted by molar-refractivity contribution is 7.18. The largest absolute Gasteiger partial charge is 0.330 e. The molecule has 1 aromatic heterocycles. The van der Waals surface area contributed by atoms with E-state index in [4.69, 9.17) is 5.73 Å². The summed E-state index contributed by atoms with van der Waals surface area (Å²) in [6.07, 6.45) is 0.888. The molecule has 0 saturated heterocycles. The number of nitrogens with two attached hydrogens (primary N) is 1. The van der Waals surface area contributed by atoms with Crippen LogP contribution in [-0.4, -0.2) is 11.5 Å². The smallest absolute Gasteiger partial charge is 0.0951 e. The summed E-state index contributed by atoms with van der Waals surface area (Å²) in [4.78, 5) is 4.50. The Bertz CT molecular complexity index is 420. The maximum atomic E-state index is 5.49. The van der Waals surface area contributed by atoms with Gasteiger partial charge in [0.05, 0.1) is 15.2 Å². The van der Waals surface area contributed by atoms with Crippen molar-refractivity contribution < 1.29 is 0 Å². The van der Waals surface area contributed by atoms with E-state index < -0.39 is 0 Å². The fourth-order valence-electron chi connectivity index (χ4n) is 1.36. The Balaban J connectivity index is 2.55. The van der Waals surface area contributed by atoms with Crippen LogP contribution in [-0.2, 0) is 6.42 Å². The fourth-order valence-corrected chi connectivity index (χ4v) is 2.41. The first kappa shape index (κ1) is 8.66. The number of benzene rings is 1. The third-order valence-corrected chi connectivity index (χ3v) is 3.28. The lowest BCUT2D eigenvalue weighted by Gasteiger charge is -1.90. The molecule has 0 saturated carbocycles. The van der Waals surface area contributed by atoms with Crippen molar-refractivity contribution >= 4 is 21.6 Å². The van der Waals surface area contributed by atoms with Gasteiger partial charge in [-0.1, -0.05) is 12.1 Å². The third-order valence-electron chi connectivity index (χ3n) is 2.01. The summed E-state index contributed by atoms with van der Waals surface area (Å²) in [7, 11) is 0. The lowest BCUT2D eigenvalue weighted by molar-refractivity contribution is 0.958. The first-order valence-corrected chi connectivity index (χ1v) is 5.18. The Morgan fingerprint density at radius 2 is 2.31 bits per heavy atom. The number of hydrogen-bond acceptors (Lipinski definition) is 3. The summed E-state index contributed by atoms with van der Waals surface area (Å²) in [6.45, 7) is 2.80. The maximum absolute atomic E-state index is 5.49. The summed E-state index contributed by atoms with van der Waals surface area (Å²) < 4.78 is 1.30. The number of aryl methyl sites for hydroxylation is 1. The van der Waals surface area contributed by atoms with Gasteiger partial charge >= 0.3 is 0 Å². The van der Waals surface area contributed by atoms with Gasteiger partial charge in [0.1, 0.15) is 0 Å². The van der Waals surface area contributed by atoms with Crippen molar-refractivity contribution in [3.8, 4) is 0 Å². The highest BCUT2D eigenvalue weighted by Gasteiger charge is 2.03. The molecule has 0 atom stereocenters. The number of thiazole rings is 1. The molecule has 2 N–H and O–H groups in total. The lowest BCUT2D eigenvalue weighted by atomic mass is 10.2. The van der Waals surface area contributed by atoms with E-state index in [9.17, 15) is 0 Å². The van der Waals surface area contributed by atoms with E-state index in [-0.39, 0.29) is 0 Å². The molecular weight excluding hydrogens is 180 g/mol. The van der Waals surface area contributed by atoms with Crippen LogP contribution < -0.4 is 5.73 Å². The van der Waals surface area contributed by atoms with E-state index in [1.54, 1.807) is 11.3 Å². The first-order chi connectivity index (χ1) is 6.31. The Morgan fingerprint density at radius 3 is 3.00 bits per heavy atom. The van der Waals surface area contributed by atoms with Crippen LogP contribution in [0.25, 0.3) is 10.2 Å². The van der Waals surface area contributed by atoms with Crippen LogP contribution in [0.4, 0.5) is 0 Å². The highest BCUT2D eigenvalue weighted by Crippen LogP contribution is 2.25. The van der Waals surface area contributed by atoms with E-state index >= 15 is 0 Å². The van der Waals surface area contributed by atoms with E-state index in [1.807, 2.05) is 6.07 Å². The van der Waals surface area contributed by atoms with E-state index in [0.29, 0.717) is 6.54 Å². The maximum Gasteiger partial charge on any atom is 0.0951 e. The predicted octanol–water partition coefficient (Wildman–Crippen LogP) is 2.11. The summed E-state index contributed by atoms with van der Waals surface area (Å²) in [6, 6.07) is 6.22. The molecule has 0 amide bonds. The molecule has 0 bridgehead atoms. The zero-order chi connectivity index (χ0) is 9.26. The minimum absolute atomic E-state index is 0.679. The molecule has 68 valence electrons. The first-order valence-electron chi connectivity index (χ1n) is 4.36. The monoisotopic (exact) mass is 192 g/mol. The van der Waals surface area contributed by atoms with Gasteiger partial charge in [-0.25, -0.2) is 4.98 Å². The molecule has 0 aliphatic rings. The molecule has 0 aliphatic carbocycles. The second-order valence-electron chi connectivity index (χ2n) is 3.07. The van der Waals surface area contributed by atoms with Crippen molar-refractivity contribution in [2.75, 3.05) is 6.54 Å². The molecule has 0 fully saturated rings. The number of fused-ring (bicyclic) bond motifs is 1. The number of rotatable bonds is 2. The van der Waals surface area contributed by atoms with Gasteiger partial charge in [0.15, 0.2) is 0 Å². The van der Waals surface area contributed by atoms with E-state index in [0.717, 1.165) is 16.9 Å². The highest BCUT2D eigenvalue weighted by atomic mass is 32.1. The second-order valence-corrected chi connectivity index (χ2v) is 4.15. The molecule has 2 aromatic rings. The normalized spacial score (nSPS) is 10.9. The molecule has 0 aliphatic heterocycles. The molecule has 1 aromatic carbocycles. The molecule has 0 radical (unpaired) electrons. The van der Waals surface area contributed by atoms with Gasteiger partial charge in [0.2, 0.25) is 0 Å². The summed E-state index contributed by atoms with van der Waals surface area (Å²) in [5.41, 5.74) is 7.90. The van der Waals surface area contributed by atoms with Crippen molar-refractivity contribution in [2.45, 2.75) is 13.3 Å². The molecule has 3 heteroatoms. The number of aromatic nitrogens is 1. The van der Waals surface area contributed by atoms with Gasteiger partial charge < -0.3 is 5.73 Å². The average Bonchev–Trinajstić information content (AvgIpc) is 2.49. The molecular formula is C10H12N2S. The minimum atomic E-state index is 0.679. The quantitative estimate of drug-likeness (QED) is 0.791. The van der Waals surface area contributed by atoms with Crippen molar-refractivity contribution in [3.05, 3.63) is 28.8 Å². The topological polar surface area (TPSA) is 38.9 Å². The zero-order valence-corrected chi connectivity index (χ0v) is 8.40. The van der Waals surface area contributed by atoms with Gasteiger partial charge in [0, 0.05) is 6.42 Å². The minimum Gasteiger partial charge on any atom is -0.330 e. The van der Waals surface area contributed by atoms with Crippen molar-refractivity contribution in [3.63, 3.8) is 0 Å². The van der Waals surface area contributed by atoms with Gasteiger partial charge in [-0.15, -0.1) is 11.3 Å². The Hall–Kier alpha value is -0.930. The molecule has 2 nitrogen and oxygen atoms in total. The molecule has 0 unspecified atom stereocenters. The van der Waals surface area contributed by atoms with Crippen LogP contribution in [0.15, 0.2) is 18.2 Å². The standard InChI is InChI=1S/C10H12N2S/c1-7-3-2-4-8-10(7)13-9(12-8)5-6-11/h2-4H,5-6,11H2,1H3. The van der Waals surface area contributed by atoms with Crippen LogP contribution in [0.2, 0.25) is 0 Å². The average molecular weight is 192 g/mol. The van der Waals surface area contributed by atoms with Gasteiger partial charge in [-0.2, -0.15) is 0 Å². The zero-order valence-electron chi connectivity index (χ0n) is 7.58. The Kier molecular flexibility index (Phi) is 2.29. The van der Waals surface area contributed by atoms with Crippen LogP contribution >= 0.6 is 11.3 Å². The van der Waals surface area contributed by atoms with Crippen molar-refractivity contribution in [2.24, 2.45) is 5.73 Å². The Labute approximate surface area is 81.4 Å². The number of nitrogens with zero attached hydrogens (tertiary/aromatic N) is 1. The van der Waals surface area contributed by atoms with Crippen LogP contribution in [0.1, 0.15) is 10.6 Å². The Morgan fingerprint density at radius 1 is 1.46 bits per heavy atom. The molecule has 13 heavy (non-hydrogen) atoms. The lowest BCUT2D eigenvalue weighted by Crippen LogP contribution is -2.01. The van der Waals surface area contributed by atoms with Gasteiger partial charge in [0.25, 0.3) is 0 Å². The summed E-state index contributed by atoms with van der Waals surface area (Å²) in [5, 5.41) is 1.15. The van der Waals surface area contributed by atoms with Crippen molar-refractivity contribution in [1.82, 2.24) is 4.98 Å². The van der Waals surface area contributed by atoms with Gasteiger partial charge in [-0.05, 0) is 25.1 Å². The van der Waals surface area contributed by atoms with Gasteiger partial charge in [-0.3, -0.25) is 0 Å². The van der Waals surface area contributed by atoms with Crippen molar-refractivity contribution in [1.29, 1.82) is 0 Å². The molecule has 0 spiro atoms.